The summed E-state index contributed by atoms with van der Waals surface area (Å²) in [5, 5.41) is 7.50. The van der Waals surface area contributed by atoms with Gasteiger partial charge >= 0.3 is 6.61 Å². The van der Waals surface area contributed by atoms with Crippen LogP contribution in [-0.2, 0) is 0 Å². The first-order chi connectivity index (χ1) is 10.7. The van der Waals surface area contributed by atoms with E-state index in [9.17, 15) is 8.78 Å². The molecule has 1 aromatic carbocycles. The lowest BCUT2D eigenvalue weighted by Gasteiger charge is -2.35. The number of nitrogens with one attached hydrogen (secondary N) is 1. The minimum Gasteiger partial charge on any atom is -0.435 e. The van der Waals surface area contributed by atoms with Gasteiger partial charge in [0.2, 0.25) is 0 Å². The minimum atomic E-state index is -2.80. The lowest BCUT2D eigenvalue weighted by molar-refractivity contribution is -0.0499. The van der Waals surface area contributed by atoms with Crippen LogP contribution in [0, 0.1) is 0 Å². The molecule has 0 aliphatic carbocycles. The van der Waals surface area contributed by atoms with Crippen molar-refractivity contribution < 1.29 is 13.5 Å². The Bertz CT molecular complexity index is 592. The molecule has 0 saturated carbocycles. The summed E-state index contributed by atoms with van der Waals surface area (Å²) in [5.74, 6) is 0.211. The zero-order valence-electron chi connectivity index (χ0n) is 12.5. The van der Waals surface area contributed by atoms with E-state index in [1.54, 1.807) is 29.5 Å². The van der Waals surface area contributed by atoms with E-state index in [0.29, 0.717) is 0 Å². The highest BCUT2D eigenvalue weighted by molar-refractivity contribution is 7.08. The summed E-state index contributed by atoms with van der Waals surface area (Å²) < 4.78 is 29.4. The molecule has 1 atom stereocenters. The third-order valence-corrected chi connectivity index (χ3v) is 4.48. The Labute approximate surface area is 144 Å². The molecule has 1 N–H and O–H groups in total. The molecule has 0 radical (unpaired) electrons. The Morgan fingerprint density at radius 1 is 1.13 bits per heavy atom. The topological polar surface area (TPSA) is 24.5 Å². The first-order valence-electron chi connectivity index (χ1n) is 7.25. The summed E-state index contributed by atoms with van der Waals surface area (Å²) in [6.07, 6.45) is 0. The zero-order valence-corrected chi connectivity index (χ0v) is 14.1. The molecular formula is C16H19ClF2N2OS. The lowest BCUT2D eigenvalue weighted by Crippen LogP contribution is -2.45. The second kappa shape index (κ2) is 8.59. The molecule has 0 unspecified atom stereocenters. The standard InChI is InChI=1S/C16H18F2N2OS.ClH/c17-16(18)21-14-3-1-2-12(10-14)15(13-4-9-22-11-13)20-7-5-19-6-8-20;/h1-4,9-11,15-16,19H,5-8H2;1H/t15-;/m1./s1. The number of benzene rings is 1. The largest absolute Gasteiger partial charge is 0.435 e. The first kappa shape index (κ1) is 18.1. The summed E-state index contributed by atoms with van der Waals surface area (Å²) in [6.45, 7) is 0.942. The van der Waals surface area contributed by atoms with Crippen molar-refractivity contribution in [3.63, 3.8) is 0 Å². The molecule has 1 saturated heterocycles. The van der Waals surface area contributed by atoms with Gasteiger partial charge < -0.3 is 10.1 Å². The van der Waals surface area contributed by atoms with Gasteiger partial charge in [0.15, 0.2) is 0 Å². The van der Waals surface area contributed by atoms with Crippen molar-refractivity contribution in [2.24, 2.45) is 0 Å². The number of rotatable bonds is 5. The van der Waals surface area contributed by atoms with Gasteiger partial charge in [-0.2, -0.15) is 20.1 Å². The number of nitrogens with zero attached hydrogens (tertiary/aromatic N) is 1. The maximum absolute atomic E-state index is 12.4. The molecular weight excluding hydrogens is 342 g/mol. The van der Waals surface area contributed by atoms with Crippen LogP contribution in [0.3, 0.4) is 0 Å². The fourth-order valence-corrected chi connectivity index (χ4v) is 3.52. The van der Waals surface area contributed by atoms with E-state index in [1.807, 2.05) is 11.4 Å². The average molecular weight is 361 g/mol. The molecule has 1 aliphatic rings. The number of thiophene rings is 1. The summed E-state index contributed by atoms with van der Waals surface area (Å²) >= 11 is 1.65. The predicted octanol–water partition coefficient (Wildman–Crippen LogP) is 3.77. The van der Waals surface area contributed by atoms with E-state index in [-0.39, 0.29) is 24.2 Å². The number of piperazine rings is 1. The minimum absolute atomic E-state index is 0. The van der Waals surface area contributed by atoms with Crippen molar-refractivity contribution in [1.29, 1.82) is 0 Å². The molecule has 1 aromatic heterocycles. The molecule has 0 spiro atoms. The van der Waals surface area contributed by atoms with Crippen LogP contribution < -0.4 is 10.1 Å². The third-order valence-electron chi connectivity index (χ3n) is 3.77. The summed E-state index contributed by atoms with van der Waals surface area (Å²) in [4.78, 5) is 2.38. The average Bonchev–Trinajstić information content (AvgIpc) is 3.02. The van der Waals surface area contributed by atoms with E-state index in [4.69, 9.17) is 0 Å². The Morgan fingerprint density at radius 2 is 1.91 bits per heavy atom. The van der Waals surface area contributed by atoms with Crippen molar-refractivity contribution in [2.45, 2.75) is 12.7 Å². The van der Waals surface area contributed by atoms with Gasteiger partial charge in [-0.05, 0) is 40.1 Å². The SMILES string of the molecule is Cl.FC(F)Oc1cccc([C@H](c2ccsc2)N2CCNCC2)c1. The summed E-state index contributed by atoms with van der Waals surface area (Å²) in [7, 11) is 0. The van der Waals surface area contributed by atoms with E-state index >= 15 is 0 Å². The van der Waals surface area contributed by atoms with Crippen molar-refractivity contribution in [3.8, 4) is 5.75 Å². The number of alkyl halides is 2. The number of hydrogen-bond acceptors (Lipinski definition) is 4. The van der Waals surface area contributed by atoms with Crippen LogP contribution in [-0.4, -0.2) is 37.7 Å². The smallest absolute Gasteiger partial charge is 0.387 e. The molecule has 23 heavy (non-hydrogen) atoms. The molecule has 7 heteroatoms. The third kappa shape index (κ3) is 4.64. The van der Waals surface area contributed by atoms with Crippen molar-refractivity contribution in [3.05, 3.63) is 52.2 Å². The fraction of sp³-hybridized carbons (Fsp3) is 0.375. The molecule has 0 amide bonds. The van der Waals surface area contributed by atoms with Crippen molar-refractivity contribution in [2.75, 3.05) is 26.2 Å². The van der Waals surface area contributed by atoms with E-state index < -0.39 is 6.61 Å². The molecule has 2 heterocycles. The quantitative estimate of drug-likeness (QED) is 0.878. The van der Waals surface area contributed by atoms with Crippen molar-refractivity contribution in [1.82, 2.24) is 10.2 Å². The Balaban J connectivity index is 0.00000192. The number of ether oxygens (including phenoxy) is 1. The second-order valence-electron chi connectivity index (χ2n) is 5.20. The Kier molecular flexibility index (Phi) is 6.77. The maximum atomic E-state index is 12.4. The van der Waals surface area contributed by atoms with Crippen LogP contribution in [0.25, 0.3) is 0 Å². The van der Waals surface area contributed by atoms with Gasteiger partial charge in [0.05, 0.1) is 6.04 Å². The molecule has 1 aliphatic heterocycles. The van der Waals surface area contributed by atoms with Crippen LogP contribution in [0.15, 0.2) is 41.1 Å². The first-order valence-corrected chi connectivity index (χ1v) is 8.20. The van der Waals surface area contributed by atoms with Gasteiger partial charge in [0.25, 0.3) is 0 Å². The van der Waals surface area contributed by atoms with Crippen LogP contribution in [0.2, 0.25) is 0 Å². The van der Waals surface area contributed by atoms with E-state index in [1.165, 1.54) is 5.56 Å². The summed E-state index contributed by atoms with van der Waals surface area (Å²) in [6, 6.07) is 9.21. The maximum Gasteiger partial charge on any atom is 0.387 e. The molecule has 0 bridgehead atoms. The Morgan fingerprint density at radius 3 is 2.57 bits per heavy atom. The van der Waals surface area contributed by atoms with Crippen LogP contribution in [0.5, 0.6) is 5.75 Å². The number of hydrogen-bond donors (Lipinski definition) is 1. The Hall–Kier alpha value is -1.21. The molecule has 3 nitrogen and oxygen atoms in total. The zero-order chi connectivity index (χ0) is 15.4. The van der Waals surface area contributed by atoms with Gasteiger partial charge in [-0.3, -0.25) is 4.90 Å². The van der Waals surface area contributed by atoms with Gasteiger partial charge in [-0.25, -0.2) is 0 Å². The molecule has 126 valence electrons. The highest BCUT2D eigenvalue weighted by Crippen LogP contribution is 2.32. The highest BCUT2D eigenvalue weighted by atomic mass is 35.5. The normalized spacial score (nSPS) is 16.8. The highest BCUT2D eigenvalue weighted by Gasteiger charge is 2.24. The monoisotopic (exact) mass is 360 g/mol. The van der Waals surface area contributed by atoms with Gasteiger partial charge in [-0.15, -0.1) is 12.4 Å². The van der Waals surface area contributed by atoms with Gasteiger partial charge in [0.1, 0.15) is 5.75 Å². The molecule has 1 fully saturated rings. The fourth-order valence-electron chi connectivity index (χ4n) is 2.85. The van der Waals surface area contributed by atoms with Crippen LogP contribution in [0.1, 0.15) is 17.2 Å². The number of halogens is 3. The predicted molar refractivity (Wildman–Crippen MR) is 90.9 cm³/mol. The van der Waals surface area contributed by atoms with E-state index in [2.05, 4.69) is 26.4 Å². The molecule has 2 aromatic rings. The second-order valence-corrected chi connectivity index (χ2v) is 5.98. The van der Waals surface area contributed by atoms with Crippen molar-refractivity contribution >= 4 is 23.7 Å². The molecule has 3 rings (SSSR count). The van der Waals surface area contributed by atoms with Crippen LogP contribution in [0.4, 0.5) is 8.78 Å². The van der Waals surface area contributed by atoms with Gasteiger partial charge in [0, 0.05) is 26.2 Å². The van der Waals surface area contributed by atoms with E-state index in [0.717, 1.165) is 31.7 Å². The van der Waals surface area contributed by atoms with Gasteiger partial charge in [-0.1, -0.05) is 12.1 Å². The summed E-state index contributed by atoms with van der Waals surface area (Å²) in [5.41, 5.74) is 2.18. The lowest BCUT2D eigenvalue weighted by atomic mass is 9.98. The van der Waals surface area contributed by atoms with Crippen LogP contribution >= 0.6 is 23.7 Å².